The average molecular weight is 229 g/mol. The van der Waals surface area contributed by atoms with Crippen LogP contribution in [0.4, 0.5) is 0 Å². The van der Waals surface area contributed by atoms with E-state index < -0.39 is 0 Å². The first-order valence-corrected chi connectivity index (χ1v) is 5.25. The molecule has 0 aliphatic rings. The minimum atomic E-state index is 0.677. The number of hydrogen-bond acceptors (Lipinski definition) is 3. The molecule has 0 atom stereocenters. The van der Waals surface area contributed by atoms with Gasteiger partial charge in [0.2, 0.25) is 0 Å². The van der Waals surface area contributed by atoms with Crippen LogP contribution in [0, 0.1) is 0 Å². The van der Waals surface area contributed by atoms with E-state index in [4.69, 9.17) is 21.1 Å². The highest BCUT2D eigenvalue weighted by molar-refractivity contribution is 7.23. The SMILES string of the molecule is COc1ccc2c(OC)c(Cl)sc2c1. The van der Waals surface area contributed by atoms with Crippen LogP contribution in [0.3, 0.4) is 0 Å². The maximum absolute atomic E-state index is 6.02. The topological polar surface area (TPSA) is 18.5 Å². The number of rotatable bonds is 2. The fraction of sp³-hybridized carbons (Fsp3) is 0.200. The van der Waals surface area contributed by atoms with Crippen molar-refractivity contribution in [3.05, 3.63) is 22.5 Å². The second-order valence-corrected chi connectivity index (χ2v) is 4.43. The Bertz CT molecular complexity index is 464. The van der Waals surface area contributed by atoms with Crippen molar-refractivity contribution in [1.82, 2.24) is 0 Å². The van der Waals surface area contributed by atoms with Crippen molar-refractivity contribution < 1.29 is 9.47 Å². The molecule has 0 saturated heterocycles. The smallest absolute Gasteiger partial charge is 0.156 e. The highest BCUT2D eigenvalue weighted by Gasteiger charge is 2.10. The summed E-state index contributed by atoms with van der Waals surface area (Å²) in [5.74, 6) is 1.58. The molecule has 0 amide bonds. The van der Waals surface area contributed by atoms with Crippen LogP contribution in [0.2, 0.25) is 4.34 Å². The summed E-state index contributed by atoms with van der Waals surface area (Å²) in [5, 5.41) is 1.03. The molecule has 1 aromatic heterocycles. The lowest BCUT2D eigenvalue weighted by Gasteiger charge is -2.00. The number of thiophene rings is 1. The second kappa shape index (κ2) is 3.67. The summed E-state index contributed by atoms with van der Waals surface area (Å²) in [6.45, 7) is 0. The van der Waals surface area contributed by atoms with Gasteiger partial charge in [0, 0.05) is 10.1 Å². The average Bonchev–Trinajstić information content (AvgIpc) is 2.51. The molecule has 0 saturated carbocycles. The van der Waals surface area contributed by atoms with Gasteiger partial charge in [-0.05, 0) is 18.2 Å². The molecule has 1 aromatic carbocycles. The van der Waals surface area contributed by atoms with E-state index in [-0.39, 0.29) is 0 Å². The maximum atomic E-state index is 6.02. The predicted molar refractivity (Wildman–Crippen MR) is 59.9 cm³/mol. The number of hydrogen-bond donors (Lipinski definition) is 0. The van der Waals surface area contributed by atoms with Crippen molar-refractivity contribution in [3.8, 4) is 11.5 Å². The first-order chi connectivity index (χ1) is 6.76. The zero-order valence-electron chi connectivity index (χ0n) is 7.83. The quantitative estimate of drug-likeness (QED) is 0.783. The Morgan fingerprint density at radius 1 is 1.21 bits per heavy atom. The predicted octanol–water partition coefficient (Wildman–Crippen LogP) is 3.57. The number of halogens is 1. The molecule has 0 bridgehead atoms. The van der Waals surface area contributed by atoms with Gasteiger partial charge in [-0.1, -0.05) is 11.6 Å². The highest BCUT2D eigenvalue weighted by Crippen LogP contribution is 2.42. The molecule has 0 aliphatic carbocycles. The highest BCUT2D eigenvalue weighted by atomic mass is 35.5. The van der Waals surface area contributed by atoms with E-state index >= 15 is 0 Å². The fourth-order valence-electron chi connectivity index (χ4n) is 1.34. The second-order valence-electron chi connectivity index (χ2n) is 2.77. The van der Waals surface area contributed by atoms with Crippen LogP contribution in [0.25, 0.3) is 10.1 Å². The van der Waals surface area contributed by atoms with Crippen molar-refractivity contribution >= 4 is 33.0 Å². The van der Waals surface area contributed by atoms with E-state index in [9.17, 15) is 0 Å². The van der Waals surface area contributed by atoms with Crippen LogP contribution in [0.15, 0.2) is 18.2 Å². The zero-order valence-corrected chi connectivity index (χ0v) is 9.41. The summed E-state index contributed by atoms with van der Waals surface area (Å²) in [4.78, 5) is 0. The van der Waals surface area contributed by atoms with E-state index in [2.05, 4.69) is 0 Å². The minimum Gasteiger partial charge on any atom is -0.497 e. The normalized spacial score (nSPS) is 10.5. The van der Waals surface area contributed by atoms with Gasteiger partial charge in [-0.25, -0.2) is 0 Å². The third-order valence-corrected chi connectivity index (χ3v) is 3.34. The third-order valence-electron chi connectivity index (χ3n) is 2.02. The van der Waals surface area contributed by atoms with Gasteiger partial charge in [0.05, 0.1) is 14.2 Å². The number of benzene rings is 1. The summed E-state index contributed by atoms with van der Waals surface area (Å²) in [5.41, 5.74) is 0. The monoisotopic (exact) mass is 228 g/mol. The Labute approximate surface area is 91.0 Å². The summed E-state index contributed by atoms with van der Waals surface area (Å²) >= 11 is 7.51. The summed E-state index contributed by atoms with van der Waals surface area (Å²) in [6, 6.07) is 5.80. The van der Waals surface area contributed by atoms with Crippen LogP contribution in [-0.4, -0.2) is 14.2 Å². The molecule has 2 rings (SSSR count). The van der Waals surface area contributed by atoms with Crippen LogP contribution in [0.1, 0.15) is 0 Å². The van der Waals surface area contributed by atoms with E-state index in [0.717, 1.165) is 21.6 Å². The first kappa shape index (κ1) is 9.62. The van der Waals surface area contributed by atoms with E-state index in [1.807, 2.05) is 18.2 Å². The minimum absolute atomic E-state index is 0.677. The van der Waals surface area contributed by atoms with Gasteiger partial charge >= 0.3 is 0 Å². The molecule has 1 heterocycles. The van der Waals surface area contributed by atoms with Crippen LogP contribution < -0.4 is 9.47 Å². The Kier molecular flexibility index (Phi) is 2.52. The zero-order chi connectivity index (χ0) is 10.1. The van der Waals surface area contributed by atoms with Crippen molar-refractivity contribution in [1.29, 1.82) is 0 Å². The van der Waals surface area contributed by atoms with Crippen molar-refractivity contribution in [2.24, 2.45) is 0 Å². The Morgan fingerprint density at radius 3 is 2.64 bits per heavy atom. The van der Waals surface area contributed by atoms with E-state index in [0.29, 0.717) is 4.34 Å². The van der Waals surface area contributed by atoms with Gasteiger partial charge < -0.3 is 9.47 Å². The molecular weight excluding hydrogens is 220 g/mol. The Balaban J connectivity index is 2.68. The largest absolute Gasteiger partial charge is 0.497 e. The lowest BCUT2D eigenvalue weighted by molar-refractivity contribution is 0.415. The molecule has 0 N–H and O–H groups in total. The molecule has 4 heteroatoms. The van der Waals surface area contributed by atoms with Crippen molar-refractivity contribution in [2.45, 2.75) is 0 Å². The lowest BCUT2D eigenvalue weighted by Crippen LogP contribution is -1.82. The van der Waals surface area contributed by atoms with E-state index in [1.54, 1.807) is 14.2 Å². The molecule has 0 spiro atoms. The number of ether oxygens (including phenoxy) is 2. The van der Waals surface area contributed by atoms with E-state index in [1.165, 1.54) is 11.3 Å². The molecular formula is C10H9ClO2S. The van der Waals surface area contributed by atoms with Gasteiger partial charge in [-0.3, -0.25) is 0 Å². The molecule has 0 aliphatic heterocycles. The van der Waals surface area contributed by atoms with Crippen LogP contribution in [-0.2, 0) is 0 Å². The summed E-state index contributed by atoms with van der Waals surface area (Å²) in [7, 11) is 3.27. The molecule has 0 radical (unpaired) electrons. The van der Waals surface area contributed by atoms with Crippen molar-refractivity contribution in [3.63, 3.8) is 0 Å². The molecule has 0 unspecified atom stereocenters. The molecule has 74 valence electrons. The summed E-state index contributed by atoms with van der Waals surface area (Å²) < 4.78 is 12.1. The standard InChI is InChI=1S/C10H9ClO2S/c1-12-6-3-4-7-8(5-6)14-10(11)9(7)13-2/h3-5H,1-2H3. The van der Waals surface area contributed by atoms with Gasteiger partial charge in [0.1, 0.15) is 10.1 Å². The molecule has 14 heavy (non-hydrogen) atoms. The summed E-state index contributed by atoms with van der Waals surface area (Å²) in [6.07, 6.45) is 0. The molecule has 2 aromatic rings. The Hall–Kier alpha value is -0.930. The van der Waals surface area contributed by atoms with Gasteiger partial charge in [0.25, 0.3) is 0 Å². The number of methoxy groups -OCH3 is 2. The molecule has 0 fully saturated rings. The van der Waals surface area contributed by atoms with Crippen LogP contribution >= 0.6 is 22.9 Å². The lowest BCUT2D eigenvalue weighted by atomic mass is 10.2. The third kappa shape index (κ3) is 1.42. The van der Waals surface area contributed by atoms with Gasteiger partial charge in [-0.2, -0.15) is 0 Å². The first-order valence-electron chi connectivity index (χ1n) is 4.06. The molecule has 2 nitrogen and oxygen atoms in total. The van der Waals surface area contributed by atoms with Gasteiger partial charge in [0.15, 0.2) is 5.75 Å². The Morgan fingerprint density at radius 2 is 2.00 bits per heavy atom. The van der Waals surface area contributed by atoms with Gasteiger partial charge in [-0.15, -0.1) is 11.3 Å². The number of fused-ring (bicyclic) bond motifs is 1. The maximum Gasteiger partial charge on any atom is 0.156 e. The fourth-order valence-corrected chi connectivity index (χ4v) is 2.69. The van der Waals surface area contributed by atoms with Crippen LogP contribution in [0.5, 0.6) is 11.5 Å². The van der Waals surface area contributed by atoms with Crippen molar-refractivity contribution in [2.75, 3.05) is 14.2 Å².